The molecule has 0 spiro atoms. The Labute approximate surface area is 191 Å². The summed E-state index contributed by atoms with van der Waals surface area (Å²) in [6.07, 6.45) is 3.74. The Morgan fingerprint density at radius 3 is 2.75 bits per heavy atom. The highest BCUT2D eigenvalue weighted by atomic mass is 32.2. The van der Waals surface area contributed by atoms with Crippen LogP contribution in [0.2, 0.25) is 0 Å². The van der Waals surface area contributed by atoms with Gasteiger partial charge in [-0.25, -0.2) is 8.42 Å². The molecule has 1 fully saturated rings. The number of benzene rings is 1. The molecule has 0 radical (unpaired) electrons. The molecular weight excluding hydrogens is 424 g/mol. The molecule has 0 saturated carbocycles. The first-order chi connectivity index (χ1) is 15.2. The number of aryl methyl sites for hydroxylation is 2. The highest BCUT2D eigenvalue weighted by molar-refractivity contribution is 7.91. The smallest absolute Gasteiger partial charge is 0.237 e. The van der Waals surface area contributed by atoms with Gasteiger partial charge in [-0.2, -0.15) is 5.10 Å². The van der Waals surface area contributed by atoms with Crippen LogP contribution >= 0.6 is 0 Å². The van der Waals surface area contributed by atoms with E-state index in [0.717, 1.165) is 36.2 Å². The molecule has 0 unspecified atom stereocenters. The van der Waals surface area contributed by atoms with Crippen molar-refractivity contribution in [3.8, 4) is 0 Å². The van der Waals surface area contributed by atoms with Crippen molar-refractivity contribution >= 4 is 15.7 Å². The molecule has 1 aromatic heterocycles. The lowest BCUT2D eigenvalue weighted by molar-refractivity contribution is -0.126. The van der Waals surface area contributed by atoms with Crippen molar-refractivity contribution in [1.82, 2.24) is 20.0 Å². The largest absolute Gasteiger partial charge is 0.348 e. The second kappa shape index (κ2) is 8.98. The van der Waals surface area contributed by atoms with Crippen LogP contribution in [0.25, 0.3) is 0 Å². The SMILES string of the molecule is Cc1nn([C@@H]2CCS(=O)(=O)C2)c(C)c1CN(C)[C@H](C)C(=O)N[C@@H]1CCCc2ccccc21. The van der Waals surface area contributed by atoms with Crippen LogP contribution in [0.4, 0.5) is 0 Å². The van der Waals surface area contributed by atoms with Gasteiger partial charge in [0.25, 0.3) is 0 Å². The topological polar surface area (TPSA) is 84.3 Å². The van der Waals surface area contributed by atoms with Gasteiger partial charge < -0.3 is 5.32 Å². The summed E-state index contributed by atoms with van der Waals surface area (Å²) in [5, 5.41) is 7.92. The van der Waals surface area contributed by atoms with Crippen LogP contribution < -0.4 is 5.32 Å². The standard InChI is InChI=1S/C24H34N4O3S/c1-16-22(17(2)28(26-16)20-12-13-32(30,31)15-20)14-27(4)18(3)24(29)25-23-11-7-9-19-8-5-6-10-21(19)23/h5-6,8,10,18,20,23H,7,9,11-15H2,1-4H3,(H,25,29)/t18-,20-,23-/m1/s1. The van der Waals surface area contributed by atoms with E-state index < -0.39 is 9.84 Å². The number of rotatable bonds is 6. The van der Waals surface area contributed by atoms with E-state index in [1.807, 2.05) is 43.5 Å². The van der Waals surface area contributed by atoms with E-state index in [2.05, 4.69) is 28.6 Å². The number of likely N-dealkylation sites (N-methyl/N-ethyl adjacent to an activating group) is 1. The van der Waals surface area contributed by atoms with E-state index >= 15 is 0 Å². The fourth-order valence-electron chi connectivity index (χ4n) is 5.03. The van der Waals surface area contributed by atoms with Crippen molar-refractivity contribution in [2.24, 2.45) is 0 Å². The van der Waals surface area contributed by atoms with Crippen molar-refractivity contribution in [3.05, 3.63) is 52.3 Å². The van der Waals surface area contributed by atoms with Gasteiger partial charge in [-0.3, -0.25) is 14.4 Å². The molecule has 8 heteroatoms. The van der Waals surface area contributed by atoms with Crippen LogP contribution in [0, 0.1) is 13.8 Å². The average molecular weight is 459 g/mol. The van der Waals surface area contributed by atoms with Crippen LogP contribution in [0.3, 0.4) is 0 Å². The molecule has 4 rings (SSSR count). The number of hydrogen-bond donors (Lipinski definition) is 1. The number of sulfone groups is 1. The van der Waals surface area contributed by atoms with Gasteiger partial charge in [0.1, 0.15) is 0 Å². The van der Waals surface area contributed by atoms with Gasteiger partial charge in [0.05, 0.1) is 35.3 Å². The molecule has 1 aromatic carbocycles. The molecule has 1 saturated heterocycles. The van der Waals surface area contributed by atoms with Gasteiger partial charge in [0.15, 0.2) is 9.84 Å². The lowest BCUT2D eigenvalue weighted by atomic mass is 9.87. The third kappa shape index (κ3) is 4.62. The Morgan fingerprint density at radius 1 is 1.28 bits per heavy atom. The normalized spacial score (nSPS) is 23.2. The summed E-state index contributed by atoms with van der Waals surface area (Å²) < 4.78 is 25.7. The first kappa shape index (κ1) is 23.0. The molecular formula is C24H34N4O3S. The number of fused-ring (bicyclic) bond motifs is 1. The maximum Gasteiger partial charge on any atom is 0.237 e. The fraction of sp³-hybridized carbons (Fsp3) is 0.583. The second-order valence-electron chi connectivity index (χ2n) is 9.39. The van der Waals surface area contributed by atoms with E-state index in [1.54, 1.807) is 0 Å². The Kier molecular flexibility index (Phi) is 6.45. The molecule has 32 heavy (non-hydrogen) atoms. The third-order valence-corrected chi connectivity index (χ3v) is 8.91. The first-order valence-corrected chi connectivity index (χ1v) is 13.3. The summed E-state index contributed by atoms with van der Waals surface area (Å²) in [5.41, 5.74) is 5.52. The highest BCUT2D eigenvalue weighted by Gasteiger charge is 2.32. The molecule has 2 heterocycles. The predicted octanol–water partition coefficient (Wildman–Crippen LogP) is 2.87. The third-order valence-electron chi connectivity index (χ3n) is 7.16. The maximum absolute atomic E-state index is 13.1. The second-order valence-corrected chi connectivity index (χ2v) is 11.6. The van der Waals surface area contributed by atoms with E-state index in [-0.39, 0.29) is 35.5 Å². The van der Waals surface area contributed by atoms with E-state index in [0.29, 0.717) is 13.0 Å². The first-order valence-electron chi connectivity index (χ1n) is 11.5. The summed E-state index contributed by atoms with van der Waals surface area (Å²) >= 11 is 0. The van der Waals surface area contributed by atoms with Gasteiger partial charge in [-0.15, -0.1) is 0 Å². The zero-order valence-corrected chi connectivity index (χ0v) is 20.3. The van der Waals surface area contributed by atoms with E-state index in [1.165, 1.54) is 11.1 Å². The van der Waals surface area contributed by atoms with Gasteiger partial charge >= 0.3 is 0 Å². The molecule has 1 aliphatic carbocycles. The van der Waals surface area contributed by atoms with Crippen LogP contribution in [-0.2, 0) is 27.6 Å². The van der Waals surface area contributed by atoms with E-state index in [9.17, 15) is 13.2 Å². The molecule has 1 amide bonds. The molecule has 7 nitrogen and oxygen atoms in total. The minimum atomic E-state index is -2.97. The summed E-state index contributed by atoms with van der Waals surface area (Å²) in [4.78, 5) is 15.1. The number of carbonyl (C=O) groups is 1. The zero-order valence-electron chi connectivity index (χ0n) is 19.5. The average Bonchev–Trinajstić information content (AvgIpc) is 3.26. The number of amides is 1. The van der Waals surface area contributed by atoms with Crippen LogP contribution in [0.1, 0.15) is 66.3 Å². The lowest BCUT2D eigenvalue weighted by Gasteiger charge is -2.30. The van der Waals surface area contributed by atoms with Crippen molar-refractivity contribution in [1.29, 1.82) is 0 Å². The van der Waals surface area contributed by atoms with E-state index in [4.69, 9.17) is 0 Å². The Bertz CT molecular complexity index is 1110. The van der Waals surface area contributed by atoms with Gasteiger partial charge in [-0.05, 0) is 64.6 Å². The minimum Gasteiger partial charge on any atom is -0.348 e. The predicted molar refractivity (Wildman–Crippen MR) is 125 cm³/mol. The molecule has 1 N–H and O–H groups in total. The number of nitrogens with one attached hydrogen (secondary N) is 1. The van der Waals surface area contributed by atoms with Gasteiger partial charge in [0.2, 0.25) is 5.91 Å². The van der Waals surface area contributed by atoms with Crippen LogP contribution in [0.5, 0.6) is 0 Å². The monoisotopic (exact) mass is 458 g/mol. The maximum atomic E-state index is 13.1. The summed E-state index contributed by atoms with van der Waals surface area (Å²) in [7, 11) is -1.02. The number of aromatic nitrogens is 2. The van der Waals surface area contributed by atoms with Crippen molar-refractivity contribution in [2.75, 3.05) is 18.6 Å². The van der Waals surface area contributed by atoms with Crippen LogP contribution in [-0.4, -0.2) is 53.6 Å². The Morgan fingerprint density at radius 2 is 2.03 bits per heavy atom. The van der Waals surface area contributed by atoms with Crippen molar-refractivity contribution in [2.45, 2.75) is 71.1 Å². The molecule has 1 aliphatic heterocycles. The molecule has 2 aliphatic rings. The van der Waals surface area contributed by atoms with Crippen LogP contribution in [0.15, 0.2) is 24.3 Å². The number of hydrogen-bond acceptors (Lipinski definition) is 5. The fourth-order valence-corrected chi connectivity index (χ4v) is 6.72. The summed E-state index contributed by atoms with van der Waals surface area (Å²) in [5.74, 6) is 0.414. The Balaban J connectivity index is 1.43. The van der Waals surface area contributed by atoms with Gasteiger partial charge in [-0.1, -0.05) is 24.3 Å². The minimum absolute atomic E-state index is 0.0267. The molecule has 3 atom stereocenters. The summed E-state index contributed by atoms with van der Waals surface area (Å²) in [6, 6.07) is 8.06. The van der Waals surface area contributed by atoms with Gasteiger partial charge in [0, 0.05) is 17.8 Å². The quantitative estimate of drug-likeness (QED) is 0.720. The van der Waals surface area contributed by atoms with Crippen molar-refractivity contribution < 1.29 is 13.2 Å². The molecule has 0 bridgehead atoms. The number of nitrogens with zero attached hydrogens (tertiary/aromatic N) is 3. The lowest BCUT2D eigenvalue weighted by Crippen LogP contribution is -2.44. The molecule has 174 valence electrons. The molecule has 2 aromatic rings. The Hall–Kier alpha value is -2.19. The highest BCUT2D eigenvalue weighted by Crippen LogP contribution is 2.30. The summed E-state index contributed by atoms with van der Waals surface area (Å²) in [6.45, 7) is 6.48. The zero-order chi connectivity index (χ0) is 23.0. The number of carbonyl (C=O) groups excluding carboxylic acids is 1. The van der Waals surface area contributed by atoms with Crippen molar-refractivity contribution in [3.63, 3.8) is 0 Å².